The van der Waals surface area contributed by atoms with Crippen LogP contribution in [0.5, 0.6) is 0 Å². The molecule has 19 heavy (non-hydrogen) atoms. The van der Waals surface area contributed by atoms with Crippen molar-refractivity contribution in [3.8, 4) is 0 Å². The summed E-state index contributed by atoms with van der Waals surface area (Å²) in [5, 5.41) is 0. The Kier molecular flexibility index (Phi) is 3.87. The fraction of sp³-hybridized carbons (Fsp3) is 0.0714. The smallest absolute Gasteiger partial charge is 0.258 e. The largest absolute Gasteiger partial charge is 0.389 e. The van der Waals surface area contributed by atoms with Gasteiger partial charge in [-0.25, -0.2) is 0 Å². The van der Waals surface area contributed by atoms with Gasteiger partial charge in [0.25, 0.3) is 5.91 Å². The fourth-order valence-corrected chi connectivity index (χ4v) is 1.79. The van der Waals surface area contributed by atoms with Gasteiger partial charge in [-0.2, -0.15) is 0 Å². The number of hydrogen-bond donors (Lipinski definition) is 1. The first kappa shape index (κ1) is 13.2. The average molecular weight is 271 g/mol. The highest BCUT2D eigenvalue weighted by molar-refractivity contribution is 7.80. The van der Waals surface area contributed by atoms with Crippen molar-refractivity contribution in [3.05, 3.63) is 59.9 Å². The SMILES string of the molecule is CN(C(=O)c1ccc(C(N)=S)cc1)c1ccncc1. The van der Waals surface area contributed by atoms with Crippen molar-refractivity contribution in [3.63, 3.8) is 0 Å². The van der Waals surface area contributed by atoms with Crippen LogP contribution in [0.3, 0.4) is 0 Å². The van der Waals surface area contributed by atoms with E-state index in [0.29, 0.717) is 10.6 Å². The number of aromatic nitrogens is 1. The predicted molar refractivity (Wildman–Crippen MR) is 79.3 cm³/mol. The summed E-state index contributed by atoms with van der Waals surface area (Å²) in [6.45, 7) is 0. The van der Waals surface area contributed by atoms with Crippen molar-refractivity contribution in [1.82, 2.24) is 4.98 Å². The van der Waals surface area contributed by atoms with E-state index in [-0.39, 0.29) is 5.91 Å². The molecule has 96 valence electrons. The van der Waals surface area contributed by atoms with E-state index in [0.717, 1.165) is 11.3 Å². The monoisotopic (exact) mass is 271 g/mol. The lowest BCUT2D eigenvalue weighted by molar-refractivity contribution is 0.0993. The molecule has 0 bridgehead atoms. The van der Waals surface area contributed by atoms with Crippen LogP contribution in [0.4, 0.5) is 5.69 Å². The average Bonchev–Trinajstić information content (AvgIpc) is 2.46. The minimum Gasteiger partial charge on any atom is -0.389 e. The number of hydrogen-bond acceptors (Lipinski definition) is 3. The number of thiocarbonyl (C=S) groups is 1. The summed E-state index contributed by atoms with van der Waals surface area (Å²) in [5.74, 6) is -0.0966. The third-order valence-corrected chi connectivity index (χ3v) is 3.01. The fourth-order valence-electron chi connectivity index (χ4n) is 1.66. The van der Waals surface area contributed by atoms with Gasteiger partial charge in [-0.05, 0) is 24.3 Å². The zero-order chi connectivity index (χ0) is 13.8. The maximum atomic E-state index is 12.3. The van der Waals surface area contributed by atoms with Gasteiger partial charge in [0.15, 0.2) is 0 Å². The Morgan fingerprint density at radius 1 is 1.11 bits per heavy atom. The number of nitrogens with two attached hydrogens (primary N) is 1. The molecule has 0 unspecified atom stereocenters. The molecule has 4 nitrogen and oxygen atoms in total. The van der Waals surface area contributed by atoms with Crippen LogP contribution in [-0.4, -0.2) is 22.9 Å². The van der Waals surface area contributed by atoms with Gasteiger partial charge in [-0.1, -0.05) is 24.4 Å². The van der Waals surface area contributed by atoms with Crippen LogP contribution in [0, 0.1) is 0 Å². The Bertz CT molecular complexity index is 596. The summed E-state index contributed by atoms with van der Waals surface area (Å²) in [4.78, 5) is 18.1. The van der Waals surface area contributed by atoms with E-state index in [4.69, 9.17) is 18.0 Å². The second-order valence-corrected chi connectivity index (χ2v) is 4.45. The van der Waals surface area contributed by atoms with E-state index in [9.17, 15) is 4.79 Å². The molecule has 0 aliphatic rings. The number of amides is 1. The summed E-state index contributed by atoms with van der Waals surface area (Å²) in [6.07, 6.45) is 3.30. The molecule has 5 heteroatoms. The van der Waals surface area contributed by atoms with Crippen LogP contribution in [0.25, 0.3) is 0 Å². The molecule has 0 saturated heterocycles. The predicted octanol–water partition coefficient (Wildman–Crippen LogP) is 1.99. The normalized spacial score (nSPS) is 9.95. The Morgan fingerprint density at radius 3 is 2.16 bits per heavy atom. The van der Waals surface area contributed by atoms with Gasteiger partial charge < -0.3 is 10.6 Å². The lowest BCUT2D eigenvalue weighted by Gasteiger charge is -2.17. The topological polar surface area (TPSA) is 59.2 Å². The lowest BCUT2D eigenvalue weighted by atomic mass is 10.1. The van der Waals surface area contributed by atoms with E-state index in [1.54, 1.807) is 60.7 Å². The maximum absolute atomic E-state index is 12.3. The number of benzene rings is 1. The third kappa shape index (κ3) is 2.95. The van der Waals surface area contributed by atoms with E-state index in [1.807, 2.05) is 0 Å². The molecule has 0 fully saturated rings. The minimum atomic E-state index is -0.0966. The number of anilines is 1. The number of pyridine rings is 1. The molecule has 1 heterocycles. The van der Waals surface area contributed by atoms with Crippen LogP contribution < -0.4 is 10.6 Å². The van der Waals surface area contributed by atoms with Gasteiger partial charge in [0.05, 0.1) is 0 Å². The molecule has 0 atom stereocenters. The Hall–Kier alpha value is -2.27. The van der Waals surface area contributed by atoms with Crippen molar-refractivity contribution < 1.29 is 4.79 Å². The summed E-state index contributed by atoms with van der Waals surface area (Å²) in [7, 11) is 1.72. The van der Waals surface area contributed by atoms with Crippen LogP contribution in [0.15, 0.2) is 48.8 Å². The summed E-state index contributed by atoms with van der Waals surface area (Å²) >= 11 is 4.87. The second-order valence-electron chi connectivity index (χ2n) is 4.01. The van der Waals surface area contributed by atoms with Crippen LogP contribution in [0.1, 0.15) is 15.9 Å². The van der Waals surface area contributed by atoms with Crippen molar-refractivity contribution >= 4 is 28.8 Å². The van der Waals surface area contributed by atoms with Gasteiger partial charge >= 0.3 is 0 Å². The first-order valence-electron chi connectivity index (χ1n) is 5.67. The molecule has 1 aromatic carbocycles. The molecule has 1 amide bonds. The van der Waals surface area contributed by atoms with E-state index < -0.39 is 0 Å². The second kappa shape index (κ2) is 5.58. The number of carbonyl (C=O) groups excluding carboxylic acids is 1. The lowest BCUT2D eigenvalue weighted by Crippen LogP contribution is -2.26. The van der Waals surface area contributed by atoms with Gasteiger partial charge in [0, 0.05) is 36.3 Å². The van der Waals surface area contributed by atoms with Crippen molar-refractivity contribution in [2.45, 2.75) is 0 Å². The van der Waals surface area contributed by atoms with Crippen LogP contribution in [0.2, 0.25) is 0 Å². The van der Waals surface area contributed by atoms with E-state index in [1.165, 1.54) is 0 Å². The van der Waals surface area contributed by atoms with Crippen molar-refractivity contribution in [2.24, 2.45) is 5.73 Å². The molecule has 2 rings (SSSR count). The molecular formula is C14H13N3OS. The molecule has 1 aromatic heterocycles. The summed E-state index contributed by atoms with van der Waals surface area (Å²) in [5.41, 5.74) is 7.64. The van der Waals surface area contributed by atoms with Crippen molar-refractivity contribution in [1.29, 1.82) is 0 Å². The van der Waals surface area contributed by atoms with Gasteiger partial charge in [-0.15, -0.1) is 0 Å². The zero-order valence-corrected chi connectivity index (χ0v) is 11.2. The Labute approximate surface area is 116 Å². The van der Waals surface area contributed by atoms with E-state index in [2.05, 4.69) is 4.98 Å². The van der Waals surface area contributed by atoms with Gasteiger partial charge in [-0.3, -0.25) is 9.78 Å². The number of carbonyl (C=O) groups is 1. The molecular weight excluding hydrogens is 258 g/mol. The molecule has 0 aliphatic heterocycles. The maximum Gasteiger partial charge on any atom is 0.258 e. The quantitative estimate of drug-likeness (QED) is 0.867. The van der Waals surface area contributed by atoms with Gasteiger partial charge in [0.1, 0.15) is 4.99 Å². The molecule has 2 N–H and O–H groups in total. The van der Waals surface area contributed by atoms with Crippen molar-refractivity contribution in [2.75, 3.05) is 11.9 Å². The molecule has 0 radical (unpaired) electrons. The standard InChI is InChI=1S/C14H13N3OS/c1-17(12-6-8-16-9-7-12)14(18)11-4-2-10(3-5-11)13(15)19/h2-9H,1H3,(H2,15,19). The molecule has 2 aromatic rings. The van der Waals surface area contributed by atoms with Gasteiger partial charge in [0.2, 0.25) is 0 Å². The summed E-state index contributed by atoms with van der Waals surface area (Å²) < 4.78 is 0. The number of nitrogens with zero attached hydrogens (tertiary/aromatic N) is 2. The third-order valence-electron chi connectivity index (χ3n) is 2.77. The number of rotatable bonds is 3. The van der Waals surface area contributed by atoms with E-state index >= 15 is 0 Å². The molecule has 0 aliphatic carbocycles. The van der Waals surface area contributed by atoms with Crippen LogP contribution >= 0.6 is 12.2 Å². The first-order chi connectivity index (χ1) is 9.09. The highest BCUT2D eigenvalue weighted by atomic mass is 32.1. The Morgan fingerprint density at radius 2 is 1.63 bits per heavy atom. The highest BCUT2D eigenvalue weighted by Crippen LogP contribution is 2.14. The zero-order valence-electron chi connectivity index (χ0n) is 10.4. The van der Waals surface area contributed by atoms with Crippen LogP contribution in [-0.2, 0) is 0 Å². The molecule has 0 saturated carbocycles. The molecule has 0 spiro atoms. The Balaban J connectivity index is 2.22. The minimum absolute atomic E-state index is 0.0966. The first-order valence-corrected chi connectivity index (χ1v) is 6.08. The summed E-state index contributed by atoms with van der Waals surface area (Å²) in [6, 6.07) is 10.5. The highest BCUT2D eigenvalue weighted by Gasteiger charge is 2.13.